The molecule has 1 aliphatic heterocycles. The van der Waals surface area contributed by atoms with Crippen molar-refractivity contribution in [3.63, 3.8) is 0 Å². The van der Waals surface area contributed by atoms with E-state index in [0.717, 1.165) is 24.3 Å². The number of anilines is 1. The molecule has 2 fully saturated rings. The Morgan fingerprint density at radius 2 is 1.95 bits per heavy atom. The number of para-hydroxylation sites is 1. The van der Waals surface area contributed by atoms with Crippen LogP contribution in [-0.4, -0.2) is 27.5 Å². The third kappa shape index (κ3) is 2.14. The monoisotopic (exact) mass is 294 g/mol. The summed E-state index contributed by atoms with van der Waals surface area (Å²) in [6.45, 7) is 1.54. The second-order valence-corrected chi connectivity index (χ2v) is 5.87. The molecule has 0 bridgehead atoms. The van der Waals surface area contributed by atoms with Crippen molar-refractivity contribution in [1.82, 2.24) is 5.01 Å². The van der Waals surface area contributed by atoms with Crippen LogP contribution in [0.15, 0.2) is 24.3 Å². The van der Waals surface area contributed by atoms with Crippen LogP contribution < -0.4 is 5.43 Å². The first-order chi connectivity index (χ1) is 9.96. The first-order valence-corrected chi connectivity index (χ1v) is 7.23. The lowest BCUT2D eigenvalue weighted by Gasteiger charge is -2.41. The number of nitrogens with one attached hydrogen (secondary N) is 1. The fraction of sp³-hybridized carbons (Fsp3) is 0.533. The Morgan fingerprint density at radius 3 is 2.62 bits per heavy atom. The maximum Gasteiger partial charge on any atom is 0.432 e. The average molecular weight is 294 g/mol. The van der Waals surface area contributed by atoms with Gasteiger partial charge in [0, 0.05) is 0 Å². The van der Waals surface area contributed by atoms with Gasteiger partial charge in [-0.1, -0.05) is 18.6 Å². The van der Waals surface area contributed by atoms with Crippen molar-refractivity contribution in [2.75, 3.05) is 5.43 Å². The van der Waals surface area contributed by atoms with Gasteiger partial charge in [-0.15, -0.1) is 0 Å². The molecule has 0 radical (unpaired) electrons. The summed E-state index contributed by atoms with van der Waals surface area (Å²) in [4.78, 5) is 12.1. The molecule has 114 valence electrons. The maximum absolute atomic E-state index is 13.7. The van der Waals surface area contributed by atoms with Crippen molar-refractivity contribution in [2.24, 2.45) is 0 Å². The minimum Gasteiger partial charge on any atom is -0.436 e. The molecule has 2 aliphatic rings. The average Bonchev–Trinajstić information content (AvgIpc) is 2.62. The molecule has 6 heteroatoms. The largest absolute Gasteiger partial charge is 0.436 e. The van der Waals surface area contributed by atoms with E-state index < -0.39 is 23.2 Å². The second-order valence-electron chi connectivity index (χ2n) is 5.87. The van der Waals surface area contributed by atoms with E-state index >= 15 is 0 Å². The van der Waals surface area contributed by atoms with Crippen LogP contribution in [0.3, 0.4) is 0 Å². The Bertz CT molecular complexity index is 556. The number of hydrogen-bond donors (Lipinski definition) is 2. The van der Waals surface area contributed by atoms with Gasteiger partial charge < -0.3 is 9.84 Å². The van der Waals surface area contributed by atoms with E-state index in [1.165, 1.54) is 19.1 Å². The van der Waals surface area contributed by atoms with Crippen molar-refractivity contribution in [2.45, 2.75) is 50.4 Å². The van der Waals surface area contributed by atoms with Crippen LogP contribution in [-0.2, 0) is 4.74 Å². The highest BCUT2D eigenvalue weighted by atomic mass is 19.1. The summed E-state index contributed by atoms with van der Waals surface area (Å²) >= 11 is 0. The van der Waals surface area contributed by atoms with Crippen molar-refractivity contribution in [3.8, 4) is 0 Å². The molecule has 2 N–H and O–H groups in total. The molecule has 1 aromatic rings. The molecular weight excluding hydrogens is 275 g/mol. The van der Waals surface area contributed by atoms with Crippen LogP contribution in [0.1, 0.15) is 39.0 Å². The smallest absolute Gasteiger partial charge is 0.432 e. The molecule has 1 heterocycles. The molecule has 3 rings (SSSR count). The van der Waals surface area contributed by atoms with E-state index in [2.05, 4.69) is 5.43 Å². The standard InChI is InChI=1S/C15H19FN2O3/c1-14(20)15(9-5-2-6-10-15)21-13(19)18(14)17-12-8-4-3-7-11(12)16/h3-4,7-8,17,20H,2,5-6,9-10H2,1H3/t14-/m1/s1. The molecule has 1 amide bonds. The Morgan fingerprint density at radius 1 is 1.29 bits per heavy atom. The van der Waals surface area contributed by atoms with Crippen LogP contribution in [0.4, 0.5) is 14.9 Å². The van der Waals surface area contributed by atoms with E-state index in [1.807, 2.05) is 0 Å². The van der Waals surface area contributed by atoms with Gasteiger partial charge in [-0.2, -0.15) is 5.01 Å². The number of nitrogens with zero attached hydrogens (tertiary/aromatic N) is 1. The van der Waals surface area contributed by atoms with Gasteiger partial charge in [-0.25, -0.2) is 9.18 Å². The van der Waals surface area contributed by atoms with E-state index in [4.69, 9.17) is 4.74 Å². The highest BCUT2D eigenvalue weighted by Gasteiger charge is 2.62. The van der Waals surface area contributed by atoms with Crippen molar-refractivity contribution >= 4 is 11.8 Å². The molecule has 5 nitrogen and oxygen atoms in total. The van der Waals surface area contributed by atoms with Gasteiger partial charge in [0.1, 0.15) is 5.82 Å². The highest BCUT2D eigenvalue weighted by molar-refractivity contribution is 5.74. The number of amides is 1. The number of carbonyl (C=O) groups excluding carboxylic acids is 1. The SMILES string of the molecule is C[C@]1(O)N(Nc2ccccc2F)C(=O)OC12CCCCC2. The summed E-state index contributed by atoms with van der Waals surface area (Å²) in [7, 11) is 0. The number of hydrogen-bond acceptors (Lipinski definition) is 4. The number of benzene rings is 1. The van der Waals surface area contributed by atoms with Gasteiger partial charge in [-0.05, 0) is 44.7 Å². The van der Waals surface area contributed by atoms with Crippen LogP contribution >= 0.6 is 0 Å². The van der Waals surface area contributed by atoms with E-state index in [0.29, 0.717) is 12.8 Å². The first-order valence-electron chi connectivity index (χ1n) is 7.23. The number of hydrazine groups is 1. The van der Waals surface area contributed by atoms with Gasteiger partial charge >= 0.3 is 6.09 Å². The summed E-state index contributed by atoms with van der Waals surface area (Å²) in [5.41, 5.74) is 0.345. The van der Waals surface area contributed by atoms with Crippen molar-refractivity contribution < 1.29 is 19.0 Å². The Labute approximate surface area is 122 Å². The second kappa shape index (κ2) is 4.87. The van der Waals surface area contributed by atoms with Gasteiger partial charge in [0.15, 0.2) is 11.3 Å². The molecular formula is C15H19FN2O3. The summed E-state index contributed by atoms with van der Waals surface area (Å²) in [5, 5.41) is 11.8. The highest BCUT2D eigenvalue weighted by Crippen LogP contribution is 2.46. The van der Waals surface area contributed by atoms with E-state index in [1.54, 1.807) is 12.1 Å². The van der Waals surface area contributed by atoms with Crippen LogP contribution in [0, 0.1) is 5.82 Å². The quantitative estimate of drug-likeness (QED) is 0.880. The fourth-order valence-corrected chi connectivity index (χ4v) is 3.22. The lowest BCUT2D eigenvalue weighted by Crippen LogP contribution is -2.58. The predicted octanol–water partition coefficient (Wildman–Crippen LogP) is 3.02. The van der Waals surface area contributed by atoms with Crippen LogP contribution in [0.25, 0.3) is 0 Å². The third-order valence-corrected chi connectivity index (χ3v) is 4.53. The third-order valence-electron chi connectivity index (χ3n) is 4.53. The molecule has 1 spiro atoms. The lowest BCUT2D eigenvalue weighted by atomic mass is 9.78. The Balaban J connectivity index is 1.89. The maximum atomic E-state index is 13.7. The Hall–Kier alpha value is -1.82. The van der Waals surface area contributed by atoms with Crippen molar-refractivity contribution in [3.05, 3.63) is 30.1 Å². The number of ether oxygens (including phenoxy) is 1. The van der Waals surface area contributed by atoms with Crippen LogP contribution in [0.2, 0.25) is 0 Å². The van der Waals surface area contributed by atoms with E-state index in [-0.39, 0.29) is 5.69 Å². The number of carbonyl (C=O) groups is 1. The lowest BCUT2D eigenvalue weighted by molar-refractivity contribution is -0.154. The molecule has 1 saturated heterocycles. The van der Waals surface area contributed by atoms with Gasteiger partial charge in [0.05, 0.1) is 5.69 Å². The molecule has 1 atom stereocenters. The number of halogens is 1. The van der Waals surface area contributed by atoms with E-state index in [9.17, 15) is 14.3 Å². The zero-order chi connectivity index (χ0) is 15.1. The summed E-state index contributed by atoms with van der Waals surface area (Å²) < 4.78 is 19.2. The summed E-state index contributed by atoms with van der Waals surface area (Å²) in [5.74, 6) is -0.495. The van der Waals surface area contributed by atoms with Gasteiger partial charge in [0.25, 0.3) is 0 Å². The van der Waals surface area contributed by atoms with Crippen molar-refractivity contribution in [1.29, 1.82) is 0 Å². The molecule has 1 aromatic carbocycles. The molecule has 1 saturated carbocycles. The summed E-state index contributed by atoms with van der Waals surface area (Å²) in [6.07, 6.45) is 3.41. The van der Waals surface area contributed by atoms with Crippen LogP contribution in [0.5, 0.6) is 0 Å². The Kier molecular flexibility index (Phi) is 3.28. The number of aliphatic hydroxyl groups is 1. The van der Waals surface area contributed by atoms with Gasteiger partial charge in [-0.3, -0.25) is 5.43 Å². The zero-order valence-electron chi connectivity index (χ0n) is 11.9. The summed E-state index contributed by atoms with van der Waals surface area (Å²) in [6, 6.07) is 6.00. The predicted molar refractivity (Wildman–Crippen MR) is 74.8 cm³/mol. The minimum atomic E-state index is -1.52. The topological polar surface area (TPSA) is 61.8 Å². The normalized spacial score (nSPS) is 27.8. The first kappa shape index (κ1) is 14.1. The molecule has 21 heavy (non-hydrogen) atoms. The fourth-order valence-electron chi connectivity index (χ4n) is 3.22. The molecule has 0 unspecified atom stereocenters. The molecule has 0 aromatic heterocycles. The molecule has 1 aliphatic carbocycles. The minimum absolute atomic E-state index is 0.127. The number of rotatable bonds is 2. The van der Waals surface area contributed by atoms with Gasteiger partial charge in [0.2, 0.25) is 0 Å². The zero-order valence-corrected chi connectivity index (χ0v) is 11.9.